The lowest BCUT2D eigenvalue weighted by Gasteiger charge is -2.61. The van der Waals surface area contributed by atoms with E-state index in [2.05, 4.69) is 20.8 Å². The summed E-state index contributed by atoms with van der Waals surface area (Å²) in [6.07, 6.45) is -14.7. The Morgan fingerprint density at radius 3 is 1.83 bits per heavy atom. The summed E-state index contributed by atoms with van der Waals surface area (Å²) >= 11 is 0. The summed E-state index contributed by atoms with van der Waals surface area (Å²) in [5.74, 6) is 1.19. The Balaban J connectivity index is 0.906. The molecule has 18 heteroatoms. The van der Waals surface area contributed by atoms with Crippen molar-refractivity contribution in [3.63, 3.8) is 0 Å². The average Bonchev–Trinajstić information content (AvgIpc) is 3.70. The second kappa shape index (κ2) is 18.6. The van der Waals surface area contributed by atoms with Gasteiger partial charge in [-0.3, -0.25) is 0 Å². The number of rotatable bonds is 12. The van der Waals surface area contributed by atoms with Crippen LogP contribution >= 0.6 is 0 Å². The van der Waals surface area contributed by atoms with Gasteiger partial charge in [0.15, 0.2) is 24.7 Å². The second-order valence-corrected chi connectivity index (χ2v) is 21.4. The van der Waals surface area contributed by atoms with Gasteiger partial charge in [-0.05, 0) is 111 Å². The van der Waals surface area contributed by atoms with Gasteiger partial charge < -0.3 is 89.3 Å². The van der Waals surface area contributed by atoms with Crippen molar-refractivity contribution in [2.75, 3.05) is 19.8 Å². The lowest BCUT2D eigenvalue weighted by atomic mass is 9.44. The van der Waals surface area contributed by atoms with Gasteiger partial charge in [0.2, 0.25) is 0 Å². The first kappa shape index (κ1) is 48.7. The maximum atomic E-state index is 11.7. The first-order valence-electron chi connectivity index (χ1n) is 23.7. The number of aliphatic hydroxyl groups is 11. The van der Waals surface area contributed by atoms with Gasteiger partial charge >= 0.3 is 0 Å². The van der Waals surface area contributed by atoms with Crippen LogP contribution in [0.15, 0.2) is 0 Å². The van der Waals surface area contributed by atoms with E-state index in [9.17, 15) is 56.2 Å². The van der Waals surface area contributed by atoms with Crippen molar-refractivity contribution in [2.45, 2.75) is 209 Å². The van der Waals surface area contributed by atoms with Crippen LogP contribution in [0, 0.1) is 52.3 Å². The molecule has 364 valence electrons. The van der Waals surface area contributed by atoms with Gasteiger partial charge in [-0.1, -0.05) is 27.7 Å². The standard InChI is InChI=1S/C45H76O18/c1-19(16-46)8-13-45(56)20(2)30-27(63-45)15-26-24-7-6-22-14-23(9-11-43(22,4)25(24)10-12-44(26,30)5)58-41-36(54)38(32(50)28(17-47)59-41)62-42-37(55)39(33(51)29(18-48)60-42)61-40-35(53)34(52)31(49)21(3)57-40/h19-42,46-56H,6-18H2,1-5H3/t19-,20-,21-,22-,23-,24+,25-,26-,27-,28+,29+,30-,31-,32+,33-,34+,35+,36+,37+,38-,39-,40-,41+,42-,43-,44-,45+/m0/s1. The minimum absolute atomic E-state index is 0.0117. The Hall–Kier alpha value is -0.720. The lowest BCUT2D eigenvalue weighted by molar-refractivity contribution is -0.382. The summed E-state index contributed by atoms with van der Waals surface area (Å²) in [5.41, 5.74) is 0.152. The molecule has 8 rings (SSSR count). The van der Waals surface area contributed by atoms with E-state index in [-0.39, 0.29) is 47.4 Å². The van der Waals surface area contributed by atoms with Gasteiger partial charge in [-0.15, -0.1) is 0 Å². The molecule has 4 saturated carbocycles. The van der Waals surface area contributed by atoms with Crippen LogP contribution in [0.2, 0.25) is 0 Å². The molecule has 4 aliphatic heterocycles. The van der Waals surface area contributed by atoms with E-state index in [4.69, 9.17) is 33.2 Å². The lowest BCUT2D eigenvalue weighted by Crippen LogP contribution is -2.66. The Labute approximate surface area is 369 Å². The van der Waals surface area contributed by atoms with Crippen molar-refractivity contribution in [2.24, 2.45) is 52.3 Å². The van der Waals surface area contributed by atoms with E-state index >= 15 is 0 Å². The molecule has 0 bridgehead atoms. The highest BCUT2D eigenvalue weighted by Gasteiger charge is 2.68. The van der Waals surface area contributed by atoms with Crippen molar-refractivity contribution in [1.82, 2.24) is 0 Å². The summed E-state index contributed by atoms with van der Waals surface area (Å²) in [6, 6.07) is 0. The molecular weight excluding hydrogens is 828 g/mol. The molecule has 0 aromatic heterocycles. The minimum Gasteiger partial charge on any atom is -0.396 e. The fraction of sp³-hybridized carbons (Fsp3) is 1.00. The zero-order valence-corrected chi connectivity index (χ0v) is 37.3. The molecular formula is C45H76O18. The molecule has 27 atom stereocenters. The molecule has 8 fully saturated rings. The van der Waals surface area contributed by atoms with Crippen LogP contribution in [0.4, 0.5) is 0 Å². The Morgan fingerprint density at radius 2 is 1.22 bits per heavy atom. The highest BCUT2D eigenvalue weighted by atomic mass is 16.8. The summed E-state index contributed by atoms with van der Waals surface area (Å²) in [5, 5.41) is 118. The number of hydrogen-bond acceptors (Lipinski definition) is 18. The zero-order valence-electron chi connectivity index (χ0n) is 37.3. The van der Waals surface area contributed by atoms with Crippen LogP contribution < -0.4 is 0 Å². The van der Waals surface area contributed by atoms with Gasteiger partial charge in [0.05, 0.1) is 31.5 Å². The summed E-state index contributed by atoms with van der Waals surface area (Å²) < 4.78 is 42.0. The molecule has 0 unspecified atom stereocenters. The van der Waals surface area contributed by atoms with E-state index in [1.165, 1.54) is 6.92 Å². The third-order valence-electron chi connectivity index (χ3n) is 18.0. The smallest absolute Gasteiger partial charge is 0.187 e. The number of hydrogen-bond donors (Lipinski definition) is 11. The van der Waals surface area contributed by atoms with Crippen molar-refractivity contribution in [3.8, 4) is 0 Å². The molecule has 4 heterocycles. The van der Waals surface area contributed by atoms with Crippen LogP contribution in [0.1, 0.15) is 98.8 Å². The molecule has 8 aliphatic rings. The first-order valence-corrected chi connectivity index (χ1v) is 23.7. The van der Waals surface area contributed by atoms with Gasteiger partial charge in [-0.25, -0.2) is 0 Å². The molecule has 4 saturated heterocycles. The van der Waals surface area contributed by atoms with E-state index in [1.807, 2.05) is 6.92 Å². The van der Waals surface area contributed by atoms with Crippen molar-refractivity contribution < 1.29 is 89.3 Å². The van der Waals surface area contributed by atoms with Crippen LogP contribution in [0.25, 0.3) is 0 Å². The predicted octanol–water partition coefficient (Wildman–Crippen LogP) is -0.752. The third kappa shape index (κ3) is 8.49. The zero-order chi connectivity index (χ0) is 45.5. The average molecular weight is 905 g/mol. The number of ether oxygens (including phenoxy) is 7. The molecule has 0 aromatic rings. The van der Waals surface area contributed by atoms with Gasteiger partial charge in [0.1, 0.15) is 67.1 Å². The highest BCUT2D eigenvalue weighted by Crippen LogP contribution is 2.71. The largest absolute Gasteiger partial charge is 0.396 e. The fourth-order valence-electron chi connectivity index (χ4n) is 14.1. The molecule has 11 N–H and O–H groups in total. The Morgan fingerprint density at radius 1 is 0.635 bits per heavy atom. The SMILES string of the molecule is C[C@H](CO)CC[C@@]1(O)O[C@H]2C[C@H]3[C@@H]4CC[C@H]5C[C@@H](O[C@@H]6O[C@H](CO)[C@@H](O)[C@H](O[C@@H]7O[C@H](CO)[C@H](O)[C@H](O[C@@H]8O[C@@H](C)[C@H](O)[C@@H](O)[C@H]8O)[C@H]7O)[C@H]6O)CC[C@]5(C)[C@H]4CC[C@]3(C)[C@H]2[C@@H]1C. The molecule has 63 heavy (non-hydrogen) atoms. The molecule has 4 aliphatic carbocycles. The maximum absolute atomic E-state index is 11.7. The summed E-state index contributed by atoms with van der Waals surface area (Å²) in [4.78, 5) is 0. The van der Waals surface area contributed by atoms with Crippen molar-refractivity contribution >= 4 is 0 Å². The Kier molecular flexibility index (Phi) is 14.4. The second-order valence-electron chi connectivity index (χ2n) is 21.4. The van der Waals surface area contributed by atoms with E-state index in [1.54, 1.807) is 0 Å². The Bertz CT molecular complexity index is 1550. The molecule has 0 spiro atoms. The topological polar surface area (TPSA) is 287 Å². The van der Waals surface area contributed by atoms with Gasteiger partial charge in [-0.2, -0.15) is 0 Å². The fourth-order valence-corrected chi connectivity index (χ4v) is 14.1. The van der Waals surface area contributed by atoms with Gasteiger partial charge in [0.25, 0.3) is 0 Å². The third-order valence-corrected chi connectivity index (χ3v) is 18.0. The van der Waals surface area contributed by atoms with E-state index in [0.717, 1.165) is 44.9 Å². The number of aliphatic hydroxyl groups excluding tert-OH is 10. The predicted molar refractivity (Wildman–Crippen MR) is 218 cm³/mol. The summed E-state index contributed by atoms with van der Waals surface area (Å²) in [7, 11) is 0. The molecule has 0 amide bonds. The van der Waals surface area contributed by atoms with E-state index < -0.39 is 111 Å². The summed E-state index contributed by atoms with van der Waals surface area (Å²) in [6.45, 7) is 9.15. The van der Waals surface area contributed by atoms with Crippen LogP contribution in [-0.2, 0) is 33.2 Å². The van der Waals surface area contributed by atoms with E-state index in [0.29, 0.717) is 42.9 Å². The first-order chi connectivity index (χ1) is 29.8. The van der Waals surface area contributed by atoms with Crippen LogP contribution in [0.3, 0.4) is 0 Å². The monoisotopic (exact) mass is 905 g/mol. The van der Waals surface area contributed by atoms with Crippen molar-refractivity contribution in [3.05, 3.63) is 0 Å². The molecule has 0 aromatic carbocycles. The van der Waals surface area contributed by atoms with Crippen LogP contribution in [-0.4, -0.2) is 186 Å². The highest BCUT2D eigenvalue weighted by molar-refractivity contribution is 5.15. The number of fused-ring (bicyclic) bond motifs is 7. The quantitative estimate of drug-likeness (QED) is 0.107. The van der Waals surface area contributed by atoms with Crippen LogP contribution in [0.5, 0.6) is 0 Å². The van der Waals surface area contributed by atoms with Gasteiger partial charge in [0, 0.05) is 18.9 Å². The molecule has 18 nitrogen and oxygen atoms in total. The minimum atomic E-state index is -1.86. The van der Waals surface area contributed by atoms with Crippen molar-refractivity contribution in [1.29, 1.82) is 0 Å². The normalized spacial score (nSPS) is 56.3. The molecule has 0 radical (unpaired) electrons. The maximum Gasteiger partial charge on any atom is 0.187 e.